The van der Waals surface area contributed by atoms with Crippen molar-refractivity contribution in [3.8, 4) is 0 Å². The lowest BCUT2D eigenvalue weighted by Gasteiger charge is -2.06. The maximum atomic E-state index is 10.6. The molecule has 0 aliphatic rings. The minimum atomic E-state index is -0.880. The normalized spacial score (nSPS) is 10.8. The number of nitrogens with zero attached hydrogens (tertiary/aromatic N) is 4. The molecular formula is C11H14N4O3S. The molecule has 0 atom stereocenters. The highest BCUT2D eigenvalue weighted by molar-refractivity contribution is 7.99. The van der Waals surface area contributed by atoms with Gasteiger partial charge in [-0.25, -0.2) is 0 Å². The van der Waals surface area contributed by atoms with Gasteiger partial charge in [0.05, 0.1) is 12.3 Å². The minimum absolute atomic E-state index is 0.0420. The van der Waals surface area contributed by atoms with Gasteiger partial charge in [0.2, 0.25) is 0 Å². The van der Waals surface area contributed by atoms with E-state index in [0.717, 1.165) is 35.5 Å². The summed E-state index contributed by atoms with van der Waals surface area (Å²) in [5.74, 6) is 0.615. The Kier molecular flexibility index (Phi) is 4.20. The molecule has 2 aromatic heterocycles. The number of carboxylic acid groups (broad SMARTS) is 1. The molecule has 8 heteroatoms. The van der Waals surface area contributed by atoms with Gasteiger partial charge in [0.15, 0.2) is 5.16 Å². The quantitative estimate of drug-likeness (QED) is 0.799. The second-order valence-electron chi connectivity index (χ2n) is 3.95. The van der Waals surface area contributed by atoms with Gasteiger partial charge in [0.25, 0.3) is 0 Å². The van der Waals surface area contributed by atoms with Crippen molar-refractivity contribution in [2.24, 2.45) is 0 Å². The molecule has 19 heavy (non-hydrogen) atoms. The highest BCUT2D eigenvalue weighted by Gasteiger charge is 2.14. The molecule has 0 aliphatic heterocycles. The molecular weight excluding hydrogens is 268 g/mol. The summed E-state index contributed by atoms with van der Waals surface area (Å²) in [6, 6.07) is 1.84. The fraction of sp³-hybridized carbons (Fsp3) is 0.455. The van der Waals surface area contributed by atoms with Crippen LogP contribution < -0.4 is 0 Å². The second-order valence-corrected chi connectivity index (χ2v) is 4.89. The topological polar surface area (TPSA) is 94.0 Å². The number of hydrogen-bond donors (Lipinski definition) is 1. The Morgan fingerprint density at radius 1 is 1.53 bits per heavy atom. The first-order chi connectivity index (χ1) is 9.10. The first-order valence-corrected chi connectivity index (χ1v) is 6.77. The molecule has 0 spiro atoms. The van der Waals surface area contributed by atoms with Crippen molar-refractivity contribution < 1.29 is 14.4 Å². The van der Waals surface area contributed by atoms with E-state index in [2.05, 4.69) is 15.4 Å². The smallest absolute Gasteiger partial charge is 0.313 e. The van der Waals surface area contributed by atoms with Gasteiger partial charge in [0, 0.05) is 12.5 Å². The molecule has 0 saturated carbocycles. The lowest BCUT2D eigenvalue weighted by molar-refractivity contribution is -0.133. The van der Waals surface area contributed by atoms with Gasteiger partial charge in [-0.3, -0.25) is 9.36 Å². The maximum absolute atomic E-state index is 10.6. The van der Waals surface area contributed by atoms with Gasteiger partial charge in [-0.1, -0.05) is 23.8 Å². The van der Waals surface area contributed by atoms with Crippen LogP contribution in [0.4, 0.5) is 0 Å². The number of rotatable bonds is 6. The molecule has 0 aromatic carbocycles. The van der Waals surface area contributed by atoms with Crippen LogP contribution in [0.3, 0.4) is 0 Å². The molecule has 2 heterocycles. The summed E-state index contributed by atoms with van der Waals surface area (Å²) < 4.78 is 6.89. The first-order valence-electron chi connectivity index (χ1n) is 5.79. The number of aryl methyl sites for hydroxylation is 2. The van der Waals surface area contributed by atoms with Crippen LogP contribution in [0.2, 0.25) is 0 Å². The van der Waals surface area contributed by atoms with Gasteiger partial charge < -0.3 is 9.63 Å². The predicted molar refractivity (Wildman–Crippen MR) is 68.1 cm³/mol. The van der Waals surface area contributed by atoms with Crippen LogP contribution in [-0.4, -0.2) is 36.7 Å². The van der Waals surface area contributed by atoms with E-state index in [9.17, 15) is 4.79 Å². The molecule has 0 fully saturated rings. The van der Waals surface area contributed by atoms with Crippen LogP contribution in [0.1, 0.15) is 24.2 Å². The van der Waals surface area contributed by atoms with E-state index in [4.69, 9.17) is 9.63 Å². The molecule has 2 rings (SSSR count). The van der Waals surface area contributed by atoms with E-state index in [-0.39, 0.29) is 5.75 Å². The summed E-state index contributed by atoms with van der Waals surface area (Å²) in [6.45, 7) is 4.28. The Labute approximate surface area is 114 Å². The van der Waals surface area contributed by atoms with Gasteiger partial charge in [-0.05, 0) is 6.92 Å². The van der Waals surface area contributed by atoms with Crippen LogP contribution in [0.5, 0.6) is 0 Å². The van der Waals surface area contributed by atoms with Crippen LogP contribution >= 0.6 is 11.8 Å². The van der Waals surface area contributed by atoms with Gasteiger partial charge in [-0.15, -0.1) is 10.2 Å². The van der Waals surface area contributed by atoms with Gasteiger partial charge >= 0.3 is 5.97 Å². The van der Waals surface area contributed by atoms with Crippen LogP contribution in [0.15, 0.2) is 15.7 Å². The highest BCUT2D eigenvalue weighted by Crippen LogP contribution is 2.18. The largest absolute Gasteiger partial charge is 0.481 e. The van der Waals surface area contributed by atoms with Crippen molar-refractivity contribution in [3.05, 3.63) is 23.3 Å². The third-order valence-electron chi connectivity index (χ3n) is 2.43. The number of thioether (sulfide) groups is 1. The molecule has 1 N–H and O–H groups in total. The van der Waals surface area contributed by atoms with Crippen molar-refractivity contribution in [1.29, 1.82) is 0 Å². The molecule has 102 valence electrons. The summed E-state index contributed by atoms with van der Waals surface area (Å²) in [7, 11) is 0. The molecule has 0 amide bonds. The van der Waals surface area contributed by atoms with Crippen LogP contribution in [-0.2, 0) is 17.8 Å². The SMILES string of the molecule is CCc1nnc(SCC(=O)O)n1Cc1cc(C)on1. The molecule has 0 radical (unpaired) electrons. The summed E-state index contributed by atoms with van der Waals surface area (Å²) >= 11 is 1.15. The van der Waals surface area contributed by atoms with Crippen molar-refractivity contribution in [2.75, 3.05) is 5.75 Å². The average Bonchev–Trinajstić information content (AvgIpc) is 2.94. The monoisotopic (exact) mass is 282 g/mol. The predicted octanol–water partition coefficient (Wildman–Crippen LogP) is 1.36. The maximum Gasteiger partial charge on any atom is 0.313 e. The van der Waals surface area contributed by atoms with E-state index in [1.165, 1.54) is 0 Å². The molecule has 7 nitrogen and oxygen atoms in total. The van der Waals surface area contributed by atoms with Gasteiger partial charge in [0.1, 0.15) is 17.3 Å². The second kappa shape index (κ2) is 5.87. The minimum Gasteiger partial charge on any atom is -0.481 e. The Balaban J connectivity index is 2.20. The lowest BCUT2D eigenvalue weighted by atomic mass is 10.3. The number of carbonyl (C=O) groups is 1. The summed E-state index contributed by atoms with van der Waals surface area (Å²) in [5.41, 5.74) is 0.768. The molecule has 0 unspecified atom stereocenters. The van der Waals surface area contributed by atoms with Crippen molar-refractivity contribution >= 4 is 17.7 Å². The Morgan fingerprint density at radius 3 is 2.89 bits per heavy atom. The molecule has 0 saturated heterocycles. The van der Waals surface area contributed by atoms with Crippen molar-refractivity contribution in [3.63, 3.8) is 0 Å². The zero-order valence-electron chi connectivity index (χ0n) is 10.7. The standard InChI is InChI=1S/C11H14N4O3S/c1-3-9-12-13-11(19-6-10(16)17)15(9)5-8-4-7(2)18-14-8/h4H,3,5-6H2,1-2H3,(H,16,17). The van der Waals surface area contributed by atoms with E-state index in [1.54, 1.807) is 0 Å². The summed E-state index contributed by atoms with van der Waals surface area (Å²) in [4.78, 5) is 10.6. The van der Waals surface area contributed by atoms with Gasteiger partial charge in [-0.2, -0.15) is 0 Å². The molecule has 2 aromatic rings. The zero-order chi connectivity index (χ0) is 13.8. The van der Waals surface area contributed by atoms with E-state index < -0.39 is 5.97 Å². The Bertz CT molecular complexity index is 578. The van der Waals surface area contributed by atoms with Crippen molar-refractivity contribution in [2.45, 2.75) is 32.0 Å². The van der Waals surface area contributed by atoms with E-state index >= 15 is 0 Å². The first kappa shape index (κ1) is 13.6. The lowest BCUT2D eigenvalue weighted by Crippen LogP contribution is -2.07. The van der Waals surface area contributed by atoms with E-state index in [1.807, 2.05) is 24.5 Å². The highest BCUT2D eigenvalue weighted by atomic mass is 32.2. The molecule has 0 bridgehead atoms. The third-order valence-corrected chi connectivity index (χ3v) is 3.38. The number of aliphatic carboxylic acids is 1. The fourth-order valence-corrected chi connectivity index (χ4v) is 2.30. The number of aromatic nitrogens is 4. The summed E-state index contributed by atoms with van der Waals surface area (Å²) in [6.07, 6.45) is 0.720. The number of hydrogen-bond acceptors (Lipinski definition) is 6. The fourth-order valence-electron chi connectivity index (χ4n) is 1.63. The average molecular weight is 282 g/mol. The Morgan fingerprint density at radius 2 is 2.32 bits per heavy atom. The van der Waals surface area contributed by atoms with Crippen molar-refractivity contribution in [1.82, 2.24) is 19.9 Å². The number of carboxylic acids is 1. The zero-order valence-corrected chi connectivity index (χ0v) is 11.5. The summed E-state index contributed by atoms with van der Waals surface area (Å²) in [5, 5.41) is 21.3. The van der Waals surface area contributed by atoms with Crippen LogP contribution in [0, 0.1) is 6.92 Å². The Hall–Kier alpha value is -1.83. The third kappa shape index (κ3) is 3.34. The molecule has 0 aliphatic carbocycles. The van der Waals surface area contributed by atoms with E-state index in [0.29, 0.717) is 11.7 Å². The van der Waals surface area contributed by atoms with Crippen LogP contribution in [0.25, 0.3) is 0 Å².